The lowest BCUT2D eigenvalue weighted by atomic mass is 10.3. The molecular formula is C13H20N2O3S. The van der Waals surface area contributed by atoms with Gasteiger partial charge >= 0.3 is 0 Å². The zero-order valence-electron chi connectivity index (χ0n) is 11.4. The lowest BCUT2D eigenvalue weighted by Crippen LogP contribution is -2.35. The van der Waals surface area contributed by atoms with E-state index in [4.69, 9.17) is 0 Å². The van der Waals surface area contributed by atoms with Crippen LogP contribution in [0, 0.1) is 0 Å². The minimum Gasteiger partial charge on any atom is -0.375 e. The molecule has 19 heavy (non-hydrogen) atoms. The fraction of sp³-hybridized carbons (Fsp3) is 0.462. The summed E-state index contributed by atoms with van der Waals surface area (Å²) in [6, 6.07) is 6.66. The van der Waals surface area contributed by atoms with E-state index in [0.717, 1.165) is 0 Å². The Morgan fingerprint density at radius 3 is 2.47 bits per heavy atom. The van der Waals surface area contributed by atoms with Gasteiger partial charge in [0, 0.05) is 6.04 Å². The first-order valence-corrected chi connectivity index (χ1v) is 7.87. The predicted molar refractivity (Wildman–Crippen MR) is 75.9 cm³/mol. The minimum atomic E-state index is -3.29. The first kappa shape index (κ1) is 15.5. The molecule has 1 rings (SSSR count). The number of hydrogen-bond donors (Lipinski definition) is 2. The molecule has 0 saturated carbocycles. The van der Waals surface area contributed by atoms with Crippen LogP contribution >= 0.6 is 0 Å². The molecule has 5 nitrogen and oxygen atoms in total. The normalized spacial score (nSPS) is 11.4. The van der Waals surface area contributed by atoms with Crippen molar-refractivity contribution in [3.05, 3.63) is 24.3 Å². The third-order valence-corrected chi connectivity index (χ3v) is 4.28. The Labute approximate surface area is 114 Å². The highest BCUT2D eigenvalue weighted by atomic mass is 32.2. The van der Waals surface area contributed by atoms with Crippen molar-refractivity contribution < 1.29 is 13.2 Å². The van der Waals surface area contributed by atoms with Crippen molar-refractivity contribution in [2.24, 2.45) is 0 Å². The van der Waals surface area contributed by atoms with E-state index in [0.29, 0.717) is 5.69 Å². The van der Waals surface area contributed by atoms with Crippen LogP contribution in [0.1, 0.15) is 20.8 Å². The predicted octanol–water partition coefficient (Wildman–Crippen LogP) is 1.42. The van der Waals surface area contributed by atoms with Crippen LogP contribution in [0.3, 0.4) is 0 Å². The van der Waals surface area contributed by atoms with Crippen LogP contribution in [0.15, 0.2) is 29.2 Å². The number of sulfone groups is 1. The van der Waals surface area contributed by atoms with Crippen molar-refractivity contribution in [3.8, 4) is 0 Å². The van der Waals surface area contributed by atoms with Gasteiger partial charge in [0.05, 0.1) is 22.9 Å². The van der Waals surface area contributed by atoms with Gasteiger partial charge in [-0.15, -0.1) is 0 Å². The first-order valence-electron chi connectivity index (χ1n) is 6.22. The van der Waals surface area contributed by atoms with Crippen LogP contribution < -0.4 is 10.6 Å². The van der Waals surface area contributed by atoms with Crippen LogP contribution in [-0.4, -0.2) is 32.7 Å². The lowest BCUT2D eigenvalue weighted by molar-refractivity contribution is -0.119. The smallest absolute Gasteiger partial charge is 0.239 e. The molecule has 0 bridgehead atoms. The molecule has 0 aromatic heterocycles. The van der Waals surface area contributed by atoms with Gasteiger partial charge in [-0.2, -0.15) is 0 Å². The highest BCUT2D eigenvalue weighted by Crippen LogP contribution is 2.21. The Hall–Kier alpha value is -1.56. The van der Waals surface area contributed by atoms with E-state index in [-0.39, 0.29) is 29.1 Å². The van der Waals surface area contributed by atoms with Crippen LogP contribution in [0.2, 0.25) is 0 Å². The number of para-hydroxylation sites is 1. The topological polar surface area (TPSA) is 75.3 Å². The number of carbonyl (C=O) groups is 1. The molecule has 0 unspecified atom stereocenters. The number of carbonyl (C=O) groups excluding carboxylic acids is 1. The van der Waals surface area contributed by atoms with Gasteiger partial charge in [0.1, 0.15) is 0 Å². The number of benzene rings is 1. The molecule has 0 saturated heterocycles. The summed E-state index contributed by atoms with van der Waals surface area (Å²) in [6.07, 6.45) is 0. The summed E-state index contributed by atoms with van der Waals surface area (Å²) in [5.41, 5.74) is 0.461. The third kappa shape index (κ3) is 4.55. The maximum absolute atomic E-state index is 11.9. The fourth-order valence-corrected chi connectivity index (χ4v) is 2.66. The van der Waals surface area contributed by atoms with E-state index in [1.54, 1.807) is 31.2 Å². The molecular weight excluding hydrogens is 264 g/mol. The monoisotopic (exact) mass is 284 g/mol. The van der Waals surface area contributed by atoms with Crippen LogP contribution in [0.5, 0.6) is 0 Å². The van der Waals surface area contributed by atoms with Gasteiger partial charge in [-0.25, -0.2) is 8.42 Å². The van der Waals surface area contributed by atoms with Gasteiger partial charge in [-0.1, -0.05) is 19.1 Å². The molecule has 0 atom stereocenters. The summed E-state index contributed by atoms with van der Waals surface area (Å²) in [7, 11) is -3.29. The zero-order chi connectivity index (χ0) is 14.5. The Kier molecular flexibility index (Phi) is 5.35. The average molecular weight is 284 g/mol. The fourth-order valence-electron chi connectivity index (χ4n) is 1.59. The largest absolute Gasteiger partial charge is 0.375 e. The van der Waals surface area contributed by atoms with E-state index in [2.05, 4.69) is 10.6 Å². The second-order valence-electron chi connectivity index (χ2n) is 4.48. The molecule has 0 aliphatic rings. The van der Waals surface area contributed by atoms with Crippen molar-refractivity contribution >= 4 is 21.4 Å². The van der Waals surface area contributed by atoms with Crippen LogP contribution in [-0.2, 0) is 14.6 Å². The minimum absolute atomic E-state index is 0.0316. The molecule has 0 aliphatic carbocycles. The molecule has 0 heterocycles. The van der Waals surface area contributed by atoms with Crippen molar-refractivity contribution in [3.63, 3.8) is 0 Å². The standard InChI is InChI=1S/C13H20N2O3S/c1-4-19(17,18)12-8-6-5-7-11(12)14-9-13(16)15-10(2)3/h5-8,10,14H,4,9H2,1-3H3,(H,15,16). The first-order chi connectivity index (χ1) is 8.86. The average Bonchev–Trinajstić information content (AvgIpc) is 2.36. The molecule has 0 fully saturated rings. The molecule has 0 spiro atoms. The molecule has 0 aliphatic heterocycles. The van der Waals surface area contributed by atoms with Crippen molar-refractivity contribution in [2.75, 3.05) is 17.6 Å². The highest BCUT2D eigenvalue weighted by molar-refractivity contribution is 7.91. The van der Waals surface area contributed by atoms with Crippen molar-refractivity contribution in [1.29, 1.82) is 0 Å². The molecule has 1 aromatic rings. The van der Waals surface area contributed by atoms with Crippen molar-refractivity contribution in [2.45, 2.75) is 31.7 Å². The SMILES string of the molecule is CCS(=O)(=O)c1ccccc1NCC(=O)NC(C)C. The summed E-state index contributed by atoms with van der Waals surface area (Å²) in [6.45, 7) is 5.38. The number of anilines is 1. The van der Waals surface area contributed by atoms with Gasteiger partial charge in [0.15, 0.2) is 9.84 Å². The van der Waals surface area contributed by atoms with Gasteiger partial charge in [0.25, 0.3) is 0 Å². The molecule has 6 heteroatoms. The Morgan fingerprint density at radius 2 is 1.89 bits per heavy atom. The number of hydrogen-bond acceptors (Lipinski definition) is 4. The maximum atomic E-state index is 11.9. The van der Waals surface area contributed by atoms with E-state index in [1.165, 1.54) is 0 Å². The van der Waals surface area contributed by atoms with Crippen molar-refractivity contribution in [1.82, 2.24) is 5.32 Å². The van der Waals surface area contributed by atoms with Crippen LogP contribution in [0.4, 0.5) is 5.69 Å². The van der Waals surface area contributed by atoms with Gasteiger partial charge in [-0.3, -0.25) is 4.79 Å². The third-order valence-electron chi connectivity index (χ3n) is 2.49. The van der Waals surface area contributed by atoms with Gasteiger partial charge in [0.2, 0.25) is 5.91 Å². The molecule has 1 amide bonds. The maximum Gasteiger partial charge on any atom is 0.239 e. The summed E-state index contributed by atoms with van der Waals surface area (Å²) in [4.78, 5) is 11.8. The summed E-state index contributed by atoms with van der Waals surface area (Å²) in [5, 5.41) is 5.60. The van der Waals surface area contributed by atoms with Gasteiger partial charge < -0.3 is 10.6 Å². The quantitative estimate of drug-likeness (QED) is 0.828. The highest BCUT2D eigenvalue weighted by Gasteiger charge is 2.16. The zero-order valence-corrected chi connectivity index (χ0v) is 12.3. The molecule has 106 valence electrons. The Morgan fingerprint density at radius 1 is 1.26 bits per heavy atom. The van der Waals surface area contributed by atoms with E-state index in [1.807, 2.05) is 13.8 Å². The summed E-state index contributed by atoms with van der Waals surface area (Å²) < 4.78 is 23.8. The Bertz CT molecular complexity index is 539. The van der Waals surface area contributed by atoms with Gasteiger partial charge in [-0.05, 0) is 26.0 Å². The summed E-state index contributed by atoms with van der Waals surface area (Å²) >= 11 is 0. The van der Waals surface area contributed by atoms with E-state index < -0.39 is 9.84 Å². The molecule has 2 N–H and O–H groups in total. The Balaban J connectivity index is 2.83. The summed E-state index contributed by atoms with van der Waals surface area (Å²) in [5.74, 6) is -0.136. The molecule has 0 radical (unpaired) electrons. The van der Waals surface area contributed by atoms with E-state index >= 15 is 0 Å². The second kappa shape index (κ2) is 6.56. The molecule has 1 aromatic carbocycles. The second-order valence-corrected chi connectivity index (χ2v) is 6.72. The number of rotatable bonds is 6. The number of nitrogens with one attached hydrogen (secondary N) is 2. The van der Waals surface area contributed by atoms with Crippen LogP contribution in [0.25, 0.3) is 0 Å². The van der Waals surface area contributed by atoms with E-state index in [9.17, 15) is 13.2 Å². The lowest BCUT2D eigenvalue weighted by Gasteiger charge is -2.13. The number of amides is 1.